The molecule has 0 bridgehead atoms. The van der Waals surface area contributed by atoms with Crippen LogP contribution in [-0.4, -0.2) is 18.5 Å². The molecule has 0 saturated carbocycles. The summed E-state index contributed by atoms with van der Waals surface area (Å²) in [5, 5.41) is 0. The summed E-state index contributed by atoms with van der Waals surface area (Å²) in [4.78, 5) is 11.5. The lowest BCUT2D eigenvalue weighted by molar-refractivity contribution is -0.124. The maximum atomic E-state index is 13.2. The number of Topliss-reactive ketones (excluding diaryl/α,β-unsaturated/α-hetero) is 1. The van der Waals surface area contributed by atoms with E-state index in [0.29, 0.717) is 10.0 Å². The molecule has 0 heterocycles. The highest BCUT2D eigenvalue weighted by atomic mass is 79.9. The second-order valence-electron chi connectivity index (χ2n) is 3.79. The number of ketones is 1. The van der Waals surface area contributed by atoms with Crippen LogP contribution < -0.4 is 0 Å². The van der Waals surface area contributed by atoms with Gasteiger partial charge in [-0.2, -0.15) is 0 Å². The average Bonchev–Trinajstić information content (AvgIpc) is 2.22. The van der Waals surface area contributed by atoms with Gasteiger partial charge in [0.1, 0.15) is 12.4 Å². The minimum absolute atomic E-state index is 0.0277. The van der Waals surface area contributed by atoms with Crippen LogP contribution in [0, 0.1) is 5.82 Å². The van der Waals surface area contributed by atoms with Crippen molar-refractivity contribution in [3.63, 3.8) is 0 Å². The first-order valence-corrected chi connectivity index (χ1v) is 5.86. The zero-order valence-electron chi connectivity index (χ0n) is 9.30. The molecular formula is C12H14BrFO2. The van der Waals surface area contributed by atoms with Crippen molar-refractivity contribution in [1.29, 1.82) is 0 Å². The smallest absolute Gasteiger partial charge is 0.162 e. The van der Waals surface area contributed by atoms with Crippen LogP contribution in [0.4, 0.5) is 4.39 Å². The van der Waals surface area contributed by atoms with E-state index in [1.165, 1.54) is 6.07 Å². The van der Waals surface area contributed by atoms with Crippen LogP contribution >= 0.6 is 15.9 Å². The summed E-state index contributed by atoms with van der Waals surface area (Å²) < 4.78 is 18.7. The number of ether oxygens (including phenoxy) is 1. The molecule has 0 unspecified atom stereocenters. The second kappa shape index (κ2) is 6.11. The van der Waals surface area contributed by atoms with Crippen LogP contribution in [0.25, 0.3) is 0 Å². The van der Waals surface area contributed by atoms with Gasteiger partial charge >= 0.3 is 0 Å². The Labute approximate surface area is 103 Å². The highest BCUT2D eigenvalue weighted by Crippen LogP contribution is 2.20. The lowest BCUT2D eigenvalue weighted by Crippen LogP contribution is -2.15. The van der Waals surface area contributed by atoms with Gasteiger partial charge in [-0.15, -0.1) is 0 Å². The van der Waals surface area contributed by atoms with Crippen LogP contribution in [-0.2, 0) is 16.0 Å². The molecule has 0 N–H and O–H groups in total. The van der Waals surface area contributed by atoms with Crippen LogP contribution in [0.1, 0.15) is 19.4 Å². The molecule has 0 amide bonds. The maximum absolute atomic E-state index is 13.2. The number of rotatable bonds is 5. The van der Waals surface area contributed by atoms with E-state index in [4.69, 9.17) is 4.74 Å². The van der Waals surface area contributed by atoms with Gasteiger partial charge in [-0.3, -0.25) is 4.79 Å². The van der Waals surface area contributed by atoms with E-state index in [1.807, 2.05) is 13.8 Å². The molecule has 0 aliphatic carbocycles. The Morgan fingerprint density at radius 2 is 2.19 bits per heavy atom. The number of benzene rings is 1. The van der Waals surface area contributed by atoms with Gasteiger partial charge in [-0.05, 0) is 41.4 Å². The van der Waals surface area contributed by atoms with Gasteiger partial charge < -0.3 is 4.74 Å². The zero-order valence-corrected chi connectivity index (χ0v) is 10.9. The molecule has 0 radical (unpaired) electrons. The largest absolute Gasteiger partial charge is 0.371 e. The molecule has 88 valence electrons. The number of halogens is 2. The van der Waals surface area contributed by atoms with Crippen LogP contribution in [0.3, 0.4) is 0 Å². The third-order valence-electron chi connectivity index (χ3n) is 2.00. The topological polar surface area (TPSA) is 26.3 Å². The first kappa shape index (κ1) is 13.3. The Morgan fingerprint density at radius 3 is 2.81 bits per heavy atom. The van der Waals surface area contributed by atoms with Crippen molar-refractivity contribution in [2.45, 2.75) is 26.4 Å². The molecular weight excluding hydrogens is 275 g/mol. The van der Waals surface area contributed by atoms with E-state index in [0.717, 1.165) is 0 Å². The van der Waals surface area contributed by atoms with E-state index in [1.54, 1.807) is 12.1 Å². The van der Waals surface area contributed by atoms with Crippen LogP contribution in [0.5, 0.6) is 0 Å². The number of carbonyl (C=O) groups is 1. The van der Waals surface area contributed by atoms with Crippen molar-refractivity contribution in [3.8, 4) is 0 Å². The molecule has 0 fully saturated rings. The number of hydrogen-bond donors (Lipinski definition) is 0. The van der Waals surface area contributed by atoms with E-state index >= 15 is 0 Å². The van der Waals surface area contributed by atoms with Gasteiger partial charge in [0.05, 0.1) is 10.6 Å². The summed E-state index contributed by atoms with van der Waals surface area (Å²) in [5.74, 6) is -0.407. The molecule has 1 aromatic rings. The average molecular weight is 289 g/mol. The normalized spacial score (nSPS) is 10.8. The highest BCUT2D eigenvalue weighted by molar-refractivity contribution is 9.10. The predicted octanol–water partition coefficient (Wildman–Crippen LogP) is 3.12. The van der Waals surface area contributed by atoms with E-state index in [2.05, 4.69) is 15.9 Å². The third-order valence-corrected chi connectivity index (χ3v) is 2.88. The van der Waals surface area contributed by atoms with E-state index in [9.17, 15) is 9.18 Å². The summed E-state index contributed by atoms with van der Waals surface area (Å²) in [6.45, 7) is 3.80. The fourth-order valence-corrected chi connectivity index (χ4v) is 1.61. The first-order chi connectivity index (χ1) is 7.50. The summed E-state index contributed by atoms with van der Waals surface area (Å²) in [5.41, 5.74) is 0.650. The Kier molecular flexibility index (Phi) is 5.09. The van der Waals surface area contributed by atoms with Crippen molar-refractivity contribution in [2.24, 2.45) is 0 Å². The molecule has 16 heavy (non-hydrogen) atoms. The quantitative estimate of drug-likeness (QED) is 0.832. The second-order valence-corrected chi connectivity index (χ2v) is 4.58. The SMILES string of the molecule is CC(C)OCC(=O)Cc1cccc(F)c1Br. The van der Waals surface area contributed by atoms with Crippen molar-refractivity contribution < 1.29 is 13.9 Å². The minimum atomic E-state index is -0.352. The summed E-state index contributed by atoms with van der Waals surface area (Å²) in [6, 6.07) is 4.66. The van der Waals surface area contributed by atoms with Crippen LogP contribution in [0.2, 0.25) is 0 Å². The molecule has 0 atom stereocenters. The molecule has 1 aromatic carbocycles. The Balaban J connectivity index is 2.59. The molecule has 0 aliphatic heterocycles. The standard InChI is InChI=1S/C12H14BrFO2/c1-8(2)16-7-10(15)6-9-4-3-5-11(14)12(9)13/h3-5,8H,6-7H2,1-2H3. The number of carbonyl (C=O) groups excluding carboxylic acids is 1. The maximum Gasteiger partial charge on any atom is 0.162 e. The molecule has 2 nitrogen and oxygen atoms in total. The summed E-state index contributed by atoms with van der Waals surface area (Å²) in [6.07, 6.45) is 0.213. The predicted molar refractivity (Wildman–Crippen MR) is 63.9 cm³/mol. The van der Waals surface area contributed by atoms with E-state index < -0.39 is 0 Å². The first-order valence-electron chi connectivity index (χ1n) is 5.07. The summed E-state index contributed by atoms with van der Waals surface area (Å²) in [7, 11) is 0. The van der Waals surface area contributed by atoms with Gasteiger partial charge in [-0.1, -0.05) is 12.1 Å². The minimum Gasteiger partial charge on any atom is -0.371 e. The van der Waals surface area contributed by atoms with Crippen molar-refractivity contribution >= 4 is 21.7 Å². The molecule has 0 aliphatic rings. The monoisotopic (exact) mass is 288 g/mol. The Hall–Kier alpha value is -0.740. The number of hydrogen-bond acceptors (Lipinski definition) is 2. The fraction of sp³-hybridized carbons (Fsp3) is 0.417. The molecule has 0 spiro atoms. The molecule has 4 heteroatoms. The summed E-state index contributed by atoms with van der Waals surface area (Å²) >= 11 is 3.12. The lowest BCUT2D eigenvalue weighted by atomic mass is 10.1. The van der Waals surface area contributed by atoms with Gasteiger partial charge in [0.25, 0.3) is 0 Å². The van der Waals surface area contributed by atoms with Gasteiger partial charge in [-0.25, -0.2) is 4.39 Å². The van der Waals surface area contributed by atoms with Crippen molar-refractivity contribution in [1.82, 2.24) is 0 Å². The third kappa shape index (κ3) is 4.02. The highest BCUT2D eigenvalue weighted by Gasteiger charge is 2.10. The molecule has 0 saturated heterocycles. The zero-order chi connectivity index (χ0) is 12.1. The van der Waals surface area contributed by atoms with Gasteiger partial charge in [0.15, 0.2) is 5.78 Å². The van der Waals surface area contributed by atoms with Crippen molar-refractivity contribution in [2.75, 3.05) is 6.61 Å². The van der Waals surface area contributed by atoms with E-state index in [-0.39, 0.29) is 30.7 Å². The van der Waals surface area contributed by atoms with Crippen molar-refractivity contribution in [3.05, 3.63) is 34.1 Å². The van der Waals surface area contributed by atoms with Crippen LogP contribution in [0.15, 0.2) is 22.7 Å². The van der Waals surface area contributed by atoms with Gasteiger partial charge in [0, 0.05) is 6.42 Å². The Morgan fingerprint density at radius 1 is 1.50 bits per heavy atom. The lowest BCUT2D eigenvalue weighted by Gasteiger charge is -2.07. The fourth-order valence-electron chi connectivity index (χ4n) is 1.21. The molecule has 1 rings (SSSR count). The molecule has 0 aromatic heterocycles. The Bertz CT molecular complexity index is 377. The van der Waals surface area contributed by atoms with Gasteiger partial charge in [0.2, 0.25) is 0 Å².